The van der Waals surface area contributed by atoms with Gasteiger partial charge in [0.15, 0.2) is 5.65 Å². The van der Waals surface area contributed by atoms with Crippen LogP contribution in [0, 0.1) is 13.8 Å². The maximum Gasteiger partial charge on any atom is 0.158 e. The molecule has 0 saturated carbocycles. The van der Waals surface area contributed by atoms with Crippen molar-refractivity contribution >= 4 is 32.3 Å². The van der Waals surface area contributed by atoms with Crippen LogP contribution in [-0.2, 0) is 9.84 Å². The van der Waals surface area contributed by atoms with Crippen molar-refractivity contribution in [2.75, 3.05) is 16.8 Å². The van der Waals surface area contributed by atoms with Crippen molar-refractivity contribution in [1.29, 1.82) is 0 Å². The molecule has 0 amide bonds. The molecule has 1 fully saturated rings. The van der Waals surface area contributed by atoms with E-state index in [0.29, 0.717) is 12.8 Å². The quantitative estimate of drug-likeness (QED) is 0.297. The van der Waals surface area contributed by atoms with Gasteiger partial charge in [-0.1, -0.05) is 13.8 Å². The van der Waals surface area contributed by atoms with Gasteiger partial charge in [-0.3, -0.25) is 0 Å². The maximum atomic E-state index is 11.7. The summed E-state index contributed by atoms with van der Waals surface area (Å²) in [4.78, 5) is 13.1. The van der Waals surface area contributed by atoms with Crippen LogP contribution in [0.1, 0.15) is 69.6 Å². The second-order valence-electron chi connectivity index (χ2n) is 11.3. The molecule has 0 bridgehead atoms. The molecule has 0 aliphatic carbocycles. The summed E-state index contributed by atoms with van der Waals surface area (Å²) in [6, 6.07) is 4.88. The fourth-order valence-corrected chi connectivity index (χ4v) is 7.25. The highest BCUT2D eigenvalue weighted by Gasteiger charge is 2.25. The zero-order chi connectivity index (χ0) is 27.2. The molecule has 5 heterocycles. The molecule has 9 nitrogen and oxygen atoms in total. The van der Waals surface area contributed by atoms with E-state index in [9.17, 15) is 8.42 Å². The van der Waals surface area contributed by atoms with Crippen LogP contribution in [0.2, 0.25) is 0 Å². The zero-order valence-corrected chi connectivity index (χ0v) is 24.0. The van der Waals surface area contributed by atoms with E-state index in [1.54, 1.807) is 6.33 Å². The van der Waals surface area contributed by atoms with Crippen molar-refractivity contribution in [2.24, 2.45) is 0 Å². The molecule has 4 aromatic heterocycles. The summed E-state index contributed by atoms with van der Waals surface area (Å²) in [6.45, 7) is 13.0. The van der Waals surface area contributed by atoms with Gasteiger partial charge in [0.25, 0.3) is 0 Å². The molecule has 5 rings (SSSR count). The smallest absolute Gasteiger partial charge is 0.158 e. The summed E-state index contributed by atoms with van der Waals surface area (Å²) >= 11 is 0. The largest absolute Gasteiger partial charge is 0.368 e. The Morgan fingerprint density at radius 3 is 2.53 bits per heavy atom. The van der Waals surface area contributed by atoms with Crippen LogP contribution in [-0.4, -0.2) is 62.6 Å². The zero-order valence-electron chi connectivity index (χ0n) is 23.2. The molecule has 1 aliphatic heterocycles. The lowest BCUT2D eigenvalue weighted by Crippen LogP contribution is -2.43. The highest BCUT2D eigenvalue weighted by Crippen LogP contribution is 2.37. The predicted molar refractivity (Wildman–Crippen MR) is 154 cm³/mol. The summed E-state index contributed by atoms with van der Waals surface area (Å²) in [5.74, 6) is 1.71. The van der Waals surface area contributed by atoms with Crippen LogP contribution in [0.15, 0.2) is 24.7 Å². The minimum absolute atomic E-state index is 0.204. The summed E-state index contributed by atoms with van der Waals surface area (Å²) in [6.07, 6.45) is 5.96. The summed E-state index contributed by atoms with van der Waals surface area (Å²) in [5.41, 5.74) is 8.57. The molecule has 4 aromatic rings. The number of aromatic amines is 1. The van der Waals surface area contributed by atoms with Gasteiger partial charge in [-0.25, -0.2) is 22.9 Å². The number of nitrogens with zero attached hydrogens (tertiary/aromatic N) is 4. The fraction of sp³-hybridized carbons (Fsp3) is 0.536. The lowest BCUT2D eigenvalue weighted by Gasteiger charge is -2.28. The number of hydrogen-bond acceptors (Lipinski definition) is 7. The molecule has 1 saturated heterocycles. The molecule has 0 spiro atoms. The van der Waals surface area contributed by atoms with Gasteiger partial charge in [0.1, 0.15) is 22.0 Å². The first-order chi connectivity index (χ1) is 18.0. The molecule has 3 N–H and O–H groups in total. The average molecular weight is 538 g/mol. The Morgan fingerprint density at radius 2 is 1.82 bits per heavy atom. The van der Waals surface area contributed by atoms with Crippen LogP contribution in [0.25, 0.3) is 27.9 Å². The Balaban J connectivity index is 1.36. The van der Waals surface area contributed by atoms with E-state index in [4.69, 9.17) is 4.98 Å². The number of anilines is 1. The first-order valence-corrected chi connectivity index (χ1v) is 15.4. The fourth-order valence-electron chi connectivity index (χ4n) is 5.76. The van der Waals surface area contributed by atoms with Gasteiger partial charge in [0.2, 0.25) is 0 Å². The summed E-state index contributed by atoms with van der Waals surface area (Å²) in [5, 5.41) is 11.6. The molecule has 2 atom stereocenters. The van der Waals surface area contributed by atoms with Crippen molar-refractivity contribution in [2.45, 2.75) is 84.8 Å². The SMILES string of the molecule is Cc1c(-c2[nH]c3ccc(N[C@H](C)CC(C)NC4CCS(=O)(=O)CC4)nc3c2C(C)C)cn2ncnc2c1C. The number of nitrogens with one attached hydrogen (secondary N) is 3. The van der Waals surface area contributed by atoms with Gasteiger partial charge in [-0.15, -0.1) is 0 Å². The second-order valence-corrected chi connectivity index (χ2v) is 13.6. The molecular formula is C28H39N7O2S. The number of sulfone groups is 1. The molecular weight excluding hydrogens is 498 g/mol. The van der Waals surface area contributed by atoms with Crippen LogP contribution >= 0.6 is 0 Å². The first kappa shape index (κ1) is 26.6. The Kier molecular flexibility index (Phi) is 7.21. The molecule has 1 aliphatic rings. The van der Waals surface area contributed by atoms with E-state index in [1.807, 2.05) is 10.6 Å². The minimum Gasteiger partial charge on any atom is -0.368 e. The van der Waals surface area contributed by atoms with E-state index in [2.05, 4.69) is 79.5 Å². The van der Waals surface area contributed by atoms with Crippen LogP contribution in [0.3, 0.4) is 0 Å². The third-order valence-electron chi connectivity index (χ3n) is 7.83. The third-order valence-corrected chi connectivity index (χ3v) is 9.54. The van der Waals surface area contributed by atoms with Gasteiger partial charge in [-0.2, -0.15) is 5.10 Å². The molecule has 38 heavy (non-hydrogen) atoms. The first-order valence-electron chi connectivity index (χ1n) is 13.6. The topological polar surface area (TPSA) is 117 Å². The van der Waals surface area contributed by atoms with Crippen molar-refractivity contribution < 1.29 is 8.42 Å². The van der Waals surface area contributed by atoms with Crippen LogP contribution in [0.5, 0.6) is 0 Å². The molecule has 1 unspecified atom stereocenters. The standard InChI is InChI=1S/C28H39N7O2S/c1-16(2)25-26(22-14-35-28(29-15-30-35)20(6)19(22)5)33-23-7-8-24(34-27(23)25)32-18(4)13-17(3)31-21-9-11-38(36,37)12-10-21/h7-8,14-18,21,31,33H,9-13H2,1-6H3,(H,32,34)/t17?,18-/m1/s1. The lowest BCUT2D eigenvalue weighted by atomic mass is 9.95. The number of aromatic nitrogens is 5. The van der Waals surface area contributed by atoms with Crippen LogP contribution < -0.4 is 10.6 Å². The van der Waals surface area contributed by atoms with E-state index in [1.165, 1.54) is 11.1 Å². The Bertz CT molecular complexity index is 1560. The van der Waals surface area contributed by atoms with Crippen molar-refractivity contribution in [3.05, 3.63) is 41.3 Å². The molecule has 204 valence electrons. The number of aryl methyl sites for hydroxylation is 1. The highest BCUT2D eigenvalue weighted by molar-refractivity contribution is 7.91. The number of pyridine rings is 2. The normalized spacial score (nSPS) is 17.9. The van der Waals surface area contributed by atoms with Gasteiger partial charge in [0, 0.05) is 35.4 Å². The van der Waals surface area contributed by atoms with Crippen molar-refractivity contribution in [3.63, 3.8) is 0 Å². The maximum absolute atomic E-state index is 11.7. The summed E-state index contributed by atoms with van der Waals surface area (Å²) in [7, 11) is -2.84. The summed E-state index contributed by atoms with van der Waals surface area (Å²) < 4.78 is 25.3. The van der Waals surface area contributed by atoms with E-state index in [0.717, 1.165) is 45.7 Å². The molecule has 10 heteroatoms. The van der Waals surface area contributed by atoms with E-state index < -0.39 is 9.84 Å². The lowest BCUT2D eigenvalue weighted by molar-refractivity contribution is 0.390. The monoisotopic (exact) mass is 537 g/mol. The number of hydrogen-bond donors (Lipinski definition) is 3. The number of fused-ring (bicyclic) bond motifs is 2. The highest BCUT2D eigenvalue weighted by atomic mass is 32.2. The molecule has 0 aromatic carbocycles. The Hall–Kier alpha value is -2.98. The van der Waals surface area contributed by atoms with Gasteiger partial charge in [0.05, 0.1) is 28.2 Å². The van der Waals surface area contributed by atoms with E-state index in [-0.39, 0.29) is 35.5 Å². The predicted octanol–water partition coefficient (Wildman–Crippen LogP) is 4.76. The third kappa shape index (κ3) is 5.29. The van der Waals surface area contributed by atoms with E-state index >= 15 is 0 Å². The number of rotatable bonds is 8. The van der Waals surface area contributed by atoms with Crippen molar-refractivity contribution in [3.8, 4) is 11.3 Å². The second kappa shape index (κ2) is 10.3. The average Bonchev–Trinajstić information content (AvgIpc) is 3.47. The van der Waals surface area contributed by atoms with Gasteiger partial charge in [-0.05, 0) is 76.1 Å². The Morgan fingerprint density at radius 1 is 1.08 bits per heavy atom. The Labute approximate surface area is 224 Å². The minimum atomic E-state index is -2.84. The number of H-pyrrole nitrogens is 1. The van der Waals surface area contributed by atoms with Crippen molar-refractivity contribution in [1.82, 2.24) is 29.9 Å². The van der Waals surface area contributed by atoms with Gasteiger partial charge >= 0.3 is 0 Å². The van der Waals surface area contributed by atoms with Crippen LogP contribution in [0.4, 0.5) is 5.82 Å². The van der Waals surface area contributed by atoms with Gasteiger partial charge < -0.3 is 15.6 Å². The molecule has 0 radical (unpaired) electrons.